The van der Waals surface area contributed by atoms with Crippen molar-refractivity contribution in [3.63, 3.8) is 0 Å². The molecular weight excluding hydrogens is 234 g/mol. The van der Waals surface area contributed by atoms with Gasteiger partial charge in [-0.15, -0.1) is 0 Å². The lowest BCUT2D eigenvalue weighted by Gasteiger charge is -2.08. The maximum atomic E-state index is 6.15. The molecule has 1 heterocycles. The molecular formula is C13H16ClN3. The zero-order chi connectivity index (χ0) is 12.3. The Bertz CT molecular complexity index is 491. The van der Waals surface area contributed by atoms with Crippen LogP contribution < -0.4 is 0 Å². The molecule has 1 aromatic heterocycles. The molecule has 3 nitrogen and oxygen atoms in total. The second-order valence-electron chi connectivity index (χ2n) is 4.28. The highest BCUT2D eigenvalue weighted by atomic mass is 35.5. The Hall–Kier alpha value is -1.32. The van der Waals surface area contributed by atoms with Crippen LogP contribution in [0.15, 0.2) is 36.7 Å². The minimum Gasteiger partial charge on any atom is -0.308 e. The number of hydrogen-bond donors (Lipinski definition) is 0. The molecule has 90 valence electrons. The van der Waals surface area contributed by atoms with Crippen molar-refractivity contribution in [3.05, 3.63) is 41.7 Å². The van der Waals surface area contributed by atoms with E-state index in [1.807, 2.05) is 41.3 Å². The zero-order valence-electron chi connectivity index (χ0n) is 10.1. The first-order chi connectivity index (χ1) is 8.16. The summed E-state index contributed by atoms with van der Waals surface area (Å²) >= 11 is 6.15. The van der Waals surface area contributed by atoms with E-state index in [2.05, 4.69) is 24.1 Å². The summed E-state index contributed by atoms with van der Waals surface area (Å²) in [4.78, 5) is 2.14. The summed E-state index contributed by atoms with van der Waals surface area (Å²) in [7, 11) is 4.11. The molecule has 0 radical (unpaired) electrons. The van der Waals surface area contributed by atoms with Gasteiger partial charge in [-0.2, -0.15) is 5.10 Å². The standard InChI is InChI=1S/C13H16ClN3/c1-16(2)7-8-17-10-11(9-15-17)12-5-3-4-6-13(12)14/h3-6,9-10H,7-8H2,1-2H3. The molecule has 1 aromatic carbocycles. The van der Waals surface area contributed by atoms with E-state index in [0.29, 0.717) is 0 Å². The van der Waals surface area contributed by atoms with E-state index in [1.165, 1.54) is 0 Å². The Balaban J connectivity index is 2.16. The van der Waals surface area contributed by atoms with E-state index in [-0.39, 0.29) is 0 Å². The lowest BCUT2D eigenvalue weighted by atomic mass is 10.1. The molecule has 0 fully saturated rings. The number of rotatable bonds is 4. The molecule has 0 aliphatic heterocycles. The normalized spacial score (nSPS) is 11.1. The SMILES string of the molecule is CN(C)CCn1cc(-c2ccccc2Cl)cn1. The number of nitrogens with zero attached hydrogens (tertiary/aromatic N) is 3. The summed E-state index contributed by atoms with van der Waals surface area (Å²) < 4.78 is 1.94. The molecule has 0 bridgehead atoms. The average Bonchev–Trinajstić information content (AvgIpc) is 2.75. The van der Waals surface area contributed by atoms with Gasteiger partial charge in [0.15, 0.2) is 0 Å². The van der Waals surface area contributed by atoms with E-state index < -0.39 is 0 Å². The van der Waals surface area contributed by atoms with Crippen molar-refractivity contribution in [1.82, 2.24) is 14.7 Å². The van der Waals surface area contributed by atoms with Crippen LogP contribution in [0.1, 0.15) is 0 Å². The first kappa shape index (κ1) is 12.1. The molecule has 0 unspecified atom stereocenters. The Morgan fingerprint density at radius 3 is 2.76 bits per heavy atom. The lowest BCUT2D eigenvalue weighted by molar-refractivity contribution is 0.373. The van der Waals surface area contributed by atoms with E-state index in [0.717, 1.165) is 29.2 Å². The summed E-state index contributed by atoms with van der Waals surface area (Å²) in [5.74, 6) is 0. The van der Waals surface area contributed by atoms with E-state index in [4.69, 9.17) is 11.6 Å². The highest BCUT2D eigenvalue weighted by Gasteiger charge is 2.05. The molecule has 0 N–H and O–H groups in total. The molecule has 2 rings (SSSR count). The van der Waals surface area contributed by atoms with Crippen LogP contribution >= 0.6 is 11.6 Å². The van der Waals surface area contributed by atoms with Crippen LogP contribution in [0.25, 0.3) is 11.1 Å². The molecule has 0 saturated carbocycles. The highest BCUT2D eigenvalue weighted by Crippen LogP contribution is 2.26. The predicted molar refractivity (Wildman–Crippen MR) is 71.2 cm³/mol. The predicted octanol–water partition coefficient (Wildman–Crippen LogP) is 2.77. The zero-order valence-corrected chi connectivity index (χ0v) is 10.9. The Morgan fingerprint density at radius 2 is 2.06 bits per heavy atom. The fraction of sp³-hybridized carbons (Fsp3) is 0.308. The van der Waals surface area contributed by atoms with E-state index >= 15 is 0 Å². The Morgan fingerprint density at radius 1 is 1.29 bits per heavy atom. The molecule has 0 aliphatic rings. The number of benzene rings is 1. The topological polar surface area (TPSA) is 21.1 Å². The van der Waals surface area contributed by atoms with Gasteiger partial charge in [-0.05, 0) is 20.2 Å². The van der Waals surface area contributed by atoms with Crippen LogP contribution in [0.3, 0.4) is 0 Å². The summed E-state index contributed by atoms with van der Waals surface area (Å²) in [6.07, 6.45) is 3.89. The summed E-state index contributed by atoms with van der Waals surface area (Å²) in [6, 6.07) is 7.82. The Labute approximate surface area is 107 Å². The third-order valence-electron chi connectivity index (χ3n) is 2.59. The van der Waals surface area contributed by atoms with Crippen LogP contribution in [0, 0.1) is 0 Å². The first-order valence-corrected chi connectivity index (χ1v) is 5.96. The summed E-state index contributed by atoms with van der Waals surface area (Å²) in [5.41, 5.74) is 2.10. The summed E-state index contributed by atoms with van der Waals surface area (Å²) in [6.45, 7) is 1.86. The van der Waals surface area contributed by atoms with Crippen LogP contribution in [-0.4, -0.2) is 35.3 Å². The van der Waals surface area contributed by atoms with Gasteiger partial charge in [-0.1, -0.05) is 29.8 Å². The second-order valence-corrected chi connectivity index (χ2v) is 4.68. The maximum Gasteiger partial charge on any atom is 0.0568 e. The highest BCUT2D eigenvalue weighted by molar-refractivity contribution is 6.33. The number of likely N-dealkylation sites (N-methyl/N-ethyl adjacent to an activating group) is 1. The van der Waals surface area contributed by atoms with Crippen molar-refractivity contribution in [3.8, 4) is 11.1 Å². The third-order valence-corrected chi connectivity index (χ3v) is 2.92. The second kappa shape index (κ2) is 5.34. The Kier molecular flexibility index (Phi) is 3.82. The van der Waals surface area contributed by atoms with Crippen molar-refractivity contribution in [2.24, 2.45) is 0 Å². The smallest absolute Gasteiger partial charge is 0.0568 e. The monoisotopic (exact) mass is 249 g/mol. The third kappa shape index (κ3) is 3.08. The van der Waals surface area contributed by atoms with Gasteiger partial charge in [0.1, 0.15) is 0 Å². The fourth-order valence-corrected chi connectivity index (χ4v) is 1.87. The van der Waals surface area contributed by atoms with Gasteiger partial charge in [0.05, 0.1) is 12.7 Å². The minimum absolute atomic E-state index is 0.764. The van der Waals surface area contributed by atoms with Crippen molar-refractivity contribution < 1.29 is 0 Å². The van der Waals surface area contributed by atoms with Crippen molar-refractivity contribution >= 4 is 11.6 Å². The molecule has 0 atom stereocenters. The van der Waals surface area contributed by atoms with Gasteiger partial charge >= 0.3 is 0 Å². The molecule has 0 aliphatic carbocycles. The van der Waals surface area contributed by atoms with Crippen LogP contribution in [-0.2, 0) is 6.54 Å². The minimum atomic E-state index is 0.764. The van der Waals surface area contributed by atoms with Crippen LogP contribution in [0.2, 0.25) is 5.02 Å². The summed E-state index contributed by atoms with van der Waals surface area (Å²) in [5, 5.41) is 5.10. The van der Waals surface area contributed by atoms with Crippen LogP contribution in [0.4, 0.5) is 0 Å². The molecule has 17 heavy (non-hydrogen) atoms. The van der Waals surface area contributed by atoms with Gasteiger partial charge in [0.25, 0.3) is 0 Å². The van der Waals surface area contributed by atoms with Crippen molar-refractivity contribution in [1.29, 1.82) is 0 Å². The molecule has 4 heteroatoms. The molecule has 0 amide bonds. The number of aromatic nitrogens is 2. The van der Waals surface area contributed by atoms with Gasteiger partial charge < -0.3 is 4.90 Å². The largest absolute Gasteiger partial charge is 0.308 e. The van der Waals surface area contributed by atoms with Crippen LogP contribution in [0.5, 0.6) is 0 Å². The van der Waals surface area contributed by atoms with Crippen molar-refractivity contribution in [2.45, 2.75) is 6.54 Å². The lowest BCUT2D eigenvalue weighted by Crippen LogP contribution is -2.18. The van der Waals surface area contributed by atoms with E-state index in [9.17, 15) is 0 Å². The molecule has 0 spiro atoms. The fourth-order valence-electron chi connectivity index (χ4n) is 1.62. The number of hydrogen-bond acceptors (Lipinski definition) is 2. The molecule has 2 aromatic rings. The van der Waals surface area contributed by atoms with Crippen molar-refractivity contribution in [2.75, 3.05) is 20.6 Å². The quantitative estimate of drug-likeness (QED) is 0.831. The van der Waals surface area contributed by atoms with E-state index in [1.54, 1.807) is 0 Å². The van der Waals surface area contributed by atoms with Gasteiger partial charge in [-0.25, -0.2) is 0 Å². The maximum absolute atomic E-state index is 6.15. The average molecular weight is 250 g/mol. The number of halogens is 1. The van der Waals surface area contributed by atoms with Gasteiger partial charge in [-0.3, -0.25) is 4.68 Å². The van der Waals surface area contributed by atoms with Gasteiger partial charge in [0, 0.05) is 28.9 Å². The van der Waals surface area contributed by atoms with Gasteiger partial charge in [0.2, 0.25) is 0 Å². The molecule has 0 saturated heterocycles. The first-order valence-electron chi connectivity index (χ1n) is 5.59.